The average molecular weight is 286 g/mol. The highest BCUT2D eigenvalue weighted by Crippen LogP contribution is 2.17. The summed E-state index contributed by atoms with van der Waals surface area (Å²) < 4.78 is 4.67. The highest BCUT2D eigenvalue weighted by Gasteiger charge is 2.08. The molecule has 4 heteroatoms. The van der Waals surface area contributed by atoms with Gasteiger partial charge in [0.1, 0.15) is 5.69 Å². The average Bonchev–Trinajstić information content (AvgIpc) is 3.00. The SMILES string of the molecule is COC(=O)c1ccc(CNCCC(C)c2ccccc2)[nH]1. The zero-order chi connectivity index (χ0) is 15.1. The molecule has 0 saturated heterocycles. The monoisotopic (exact) mass is 286 g/mol. The van der Waals surface area contributed by atoms with Crippen molar-refractivity contribution in [2.24, 2.45) is 0 Å². The van der Waals surface area contributed by atoms with Crippen molar-refractivity contribution in [2.45, 2.75) is 25.8 Å². The third-order valence-electron chi connectivity index (χ3n) is 3.59. The smallest absolute Gasteiger partial charge is 0.354 e. The number of aromatic amines is 1. The van der Waals surface area contributed by atoms with Gasteiger partial charge in [0.25, 0.3) is 0 Å². The molecule has 0 saturated carbocycles. The molecule has 0 aliphatic heterocycles. The van der Waals surface area contributed by atoms with Crippen molar-refractivity contribution >= 4 is 5.97 Å². The van der Waals surface area contributed by atoms with Gasteiger partial charge < -0.3 is 15.0 Å². The number of ether oxygens (including phenoxy) is 1. The van der Waals surface area contributed by atoms with Crippen molar-refractivity contribution in [1.29, 1.82) is 0 Å². The van der Waals surface area contributed by atoms with Crippen LogP contribution in [0.4, 0.5) is 0 Å². The minimum absolute atomic E-state index is 0.334. The summed E-state index contributed by atoms with van der Waals surface area (Å²) in [6.07, 6.45) is 1.08. The van der Waals surface area contributed by atoms with E-state index in [1.54, 1.807) is 6.07 Å². The van der Waals surface area contributed by atoms with Crippen LogP contribution < -0.4 is 5.32 Å². The van der Waals surface area contributed by atoms with E-state index < -0.39 is 0 Å². The van der Waals surface area contributed by atoms with Gasteiger partial charge in [-0.25, -0.2) is 4.79 Å². The fourth-order valence-electron chi connectivity index (χ4n) is 2.26. The Labute approximate surface area is 125 Å². The van der Waals surface area contributed by atoms with Crippen LogP contribution in [-0.4, -0.2) is 24.6 Å². The molecule has 1 aromatic carbocycles. The van der Waals surface area contributed by atoms with E-state index in [-0.39, 0.29) is 5.97 Å². The Morgan fingerprint density at radius 3 is 2.71 bits per heavy atom. The maximum Gasteiger partial charge on any atom is 0.354 e. The molecule has 2 aromatic rings. The topological polar surface area (TPSA) is 54.1 Å². The molecule has 4 nitrogen and oxygen atoms in total. The summed E-state index contributed by atoms with van der Waals surface area (Å²) in [5.41, 5.74) is 2.85. The number of H-pyrrole nitrogens is 1. The first-order chi connectivity index (χ1) is 10.2. The summed E-state index contributed by atoms with van der Waals surface area (Å²) in [5, 5.41) is 3.39. The highest BCUT2D eigenvalue weighted by molar-refractivity contribution is 5.87. The molecule has 0 amide bonds. The van der Waals surface area contributed by atoms with Crippen LogP contribution in [0.5, 0.6) is 0 Å². The van der Waals surface area contributed by atoms with E-state index in [9.17, 15) is 4.79 Å². The molecule has 0 bridgehead atoms. The number of nitrogens with one attached hydrogen (secondary N) is 2. The van der Waals surface area contributed by atoms with Gasteiger partial charge in [0.2, 0.25) is 0 Å². The molecule has 1 atom stereocenters. The van der Waals surface area contributed by atoms with Gasteiger partial charge in [-0.3, -0.25) is 0 Å². The van der Waals surface area contributed by atoms with Crippen molar-refractivity contribution in [1.82, 2.24) is 10.3 Å². The van der Waals surface area contributed by atoms with Crippen LogP contribution in [0.3, 0.4) is 0 Å². The Bertz CT molecular complexity index is 563. The van der Waals surface area contributed by atoms with Crippen molar-refractivity contribution < 1.29 is 9.53 Å². The van der Waals surface area contributed by atoms with Crippen LogP contribution in [0, 0.1) is 0 Å². The molecule has 2 rings (SSSR count). The molecule has 1 unspecified atom stereocenters. The number of benzene rings is 1. The van der Waals surface area contributed by atoms with Gasteiger partial charge in [-0.05, 0) is 36.6 Å². The third kappa shape index (κ3) is 4.46. The molecule has 0 fully saturated rings. The molecule has 112 valence electrons. The van der Waals surface area contributed by atoms with Crippen LogP contribution in [0.1, 0.15) is 41.0 Å². The number of carbonyl (C=O) groups is 1. The number of hydrogen-bond acceptors (Lipinski definition) is 3. The fraction of sp³-hybridized carbons (Fsp3) is 0.353. The first kappa shape index (κ1) is 15.3. The van der Waals surface area contributed by atoms with Crippen LogP contribution in [-0.2, 0) is 11.3 Å². The molecule has 21 heavy (non-hydrogen) atoms. The first-order valence-electron chi connectivity index (χ1n) is 7.22. The second-order valence-electron chi connectivity index (χ2n) is 5.17. The quantitative estimate of drug-likeness (QED) is 0.607. The van der Waals surface area contributed by atoms with E-state index in [4.69, 9.17) is 0 Å². The third-order valence-corrected chi connectivity index (χ3v) is 3.59. The number of aromatic nitrogens is 1. The number of rotatable bonds is 7. The van der Waals surface area contributed by atoms with Gasteiger partial charge in [-0.15, -0.1) is 0 Å². The second-order valence-corrected chi connectivity index (χ2v) is 5.17. The molecule has 0 spiro atoms. The molecule has 0 aliphatic rings. The summed E-state index contributed by atoms with van der Waals surface area (Å²) in [6, 6.07) is 14.2. The Kier molecular flexibility index (Phi) is 5.58. The van der Waals surface area contributed by atoms with Crippen LogP contribution in [0.25, 0.3) is 0 Å². The number of methoxy groups -OCH3 is 1. The standard InChI is InChI=1S/C17H22N2O2/c1-13(14-6-4-3-5-7-14)10-11-18-12-15-8-9-16(19-15)17(20)21-2/h3-9,13,18-19H,10-12H2,1-2H3. The van der Waals surface area contributed by atoms with E-state index >= 15 is 0 Å². The molecule has 1 heterocycles. The summed E-state index contributed by atoms with van der Waals surface area (Å²) in [5.74, 6) is 0.201. The second kappa shape index (κ2) is 7.64. The summed E-state index contributed by atoms with van der Waals surface area (Å²) in [4.78, 5) is 14.4. The van der Waals surface area contributed by atoms with Crippen molar-refractivity contribution in [3.05, 3.63) is 59.4 Å². The Morgan fingerprint density at radius 1 is 1.24 bits per heavy atom. The predicted octanol–water partition coefficient (Wildman–Crippen LogP) is 3.08. The Balaban J connectivity index is 1.72. The molecule has 1 aromatic heterocycles. The van der Waals surface area contributed by atoms with E-state index in [0.29, 0.717) is 11.6 Å². The minimum Gasteiger partial charge on any atom is -0.464 e. The summed E-state index contributed by atoms with van der Waals surface area (Å²) in [6.45, 7) is 3.89. The zero-order valence-electron chi connectivity index (χ0n) is 12.6. The largest absolute Gasteiger partial charge is 0.464 e. The maximum absolute atomic E-state index is 11.3. The molecular weight excluding hydrogens is 264 g/mol. The van der Waals surface area contributed by atoms with E-state index in [1.165, 1.54) is 12.7 Å². The maximum atomic E-state index is 11.3. The van der Waals surface area contributed by atoms with Crippen molar-refractivity contribution in [3.8, 4) is 0 Å². The summed E-state index contributed by atoms with van der Waals surface area (Å²) >= 11 is 0. The molecule has 0 aliphatic carbocycles. The van der Waals surface area contributed by atoms with E-state index in [1.807, 2.05) is 12.1 Å². The Morgan fingerprint density at radius 2 is 2.00 bits per heavy atom. The van der Waals surface area contributed by atoms with Gasteiger partial charge in [-0.1, -0.05) is 37.3 Å². The highest BCUT2D eigenvalue weighted by atomic mass is 16.5. The van der Waals surface area contributed by atoms with Gasteiger partial charge >= 0.3 is 5.97 Å². The van der Waals surface area contributed by atoms with Crippen LogP contribution >= 0.6 is 0 Å². The summed E-state index contributed by atoms with van der Waals surface area (Å²) in [7, 11) is 1.38. The number of carbonyl (C=O) groups excluding carboxylic acids is 1. The normalized spacial score (nSPS) is 12.1. The van der Waals surface area contributed by atoms with E-state index in [0.717, 1.165) is 25.2 Å². The zero-order valence-corrected chi connectivity index (χ0v) is 12.6. The fourth-order valence-corrected chi connectivity index (χ4v) is 2.26. The van der Waals surface area contributed by atoms with Crippen molar-refractivity contribution in [3.63, 3.8) is 0 Å². The lowest BCUT2D eigenvalue weighted by Gasteiger charge is -2.12. The first-order valence-corrected chi connectivity index (χ1v) is 7.22. The molecule has 0 radical (unpaired) electrons. The van der Waals surface area contributed by atoms with Crippen LogP contribution in [0.15, 0.2) is 42.5 Å². The minimum atomic E-state index is -0.334. The van der Waals surface area contributed by atoms with E-state index in [2.05, 4.69) is 46.2 Å². The van der Waals surface area contributed by atoms with Gasteiger partial charge in [-0.2, -0.15) is 0 Å². The number of hydrogen-bond donors (Lipinski definition) is 2. The predicted molar refractivity (Wildman–Crippen MR) is 83.3 cm³/mol. The van der Waals surface area contributed by atoms with Gasteiger partial charge in [0.15, 0.2) is 0 Å². The number of esters is 1. The molecule has 2 N–H and O–H groups in total. The lowest BCUT2D eigenvalue weighted by molar-refractivity contribution is 0.0594. The van der Waals surface area contributed by atoms with Gasteiger partial charge in [0.05, 0.1) is 7.11 Å². The van der Waals surface area contributed by atoms with Crippen molar-refractivity contribution in [2.75, 3.05) is 13.7 Å². The van der Waals surface area contributed by atoms with Crippen LogP contribution in [0.2, 0.25) is 0 Å². The molecular formula is C17H22N2O2. The lowest BCUT2D eigenvalue weighted by Crippen LogP contribution is -2.17. The Hall–Kier alpha value is -2.07. The van der Waals surface area contributed by atoms with Gasteiger partial charge in [0, 0.05) is 12.2 Å². The lowest BCUT2D eigenvalue weighted by atomic mass is 9.98.